The molecule has 0 saturated carbocycles. The van der Waals surface area contributed by atoms with Gasteiger partial charge in [0.05, 0.1) is 5.54 Å². The maximum Gasteiger partial charge on any atom is 0.251 e. The second kappa shape index (κ2) is 9.99. The van der Waals surface area contributed by atoms with Crippen molar-refractivity contribution in [3.8, 4) is 10.6 Å². The van der Waals surface area contributed by atoms with E-state index in [1.165, 1.54) is 0 Å². The van der Waals surface area contributed by atoms with Gasteiger partial charge in [-0.1, -0.05) is 26.0 Å². The third kappa shape index (κ3) is 5.18. The number of hydrogen-bond donors (Lipinski definition) is 2. The number of nitrogens with zero attached hydrogens (tertiary/aromatic N) is 1. The summed E-state index contributed by atoms with van der Waals surface area (Å²) in [4.78, 5) is 17.0. The molecule has 4 nitrogen and oxygen atoms in total. The molecule has 24 heavy (non-hydrogen) atoms. The molecule has 0 aliphatic heterocycles. The van der Waals surface area contributed by atoms with Gasteiger partial charge in [-0.2, -0.15) is 0 Å². The molecule has 0 bridgehead atoms. The summed E-state index contributed by atoms with van der Waals surface area (Å²) in [6.45, 7) is 6.50. The fourth-order valence-corrected chi connectivity index (χ4v) is 3.15. The molecular formula is C17H25Cl2N3OS. The van der Waals surface area contributed by atoms with Gasteiger partial charge in [0.15, 0.2) is 0 Å². The fourth-order valence-electron chi connectivity index (χ4n) is 2.36. The lowest BCUT2D eigenvalue weighted by atomic mass is 9.92. The maximum atomic E-state index is 12.5. The van der Waals surface area contributed by atoms with Crippen LogP contribution in [-0.2, 0) is 0 Å². The number of benzene rings is 1. The molecule has 0 radical (unpaired) electrons. The smallest absolute Gasteiger partial charge is 0.251 e. The largest absolute Gasteiger partial charge is 0.345 e. The van der Waals surface area contributed by atoms with Crippen LogP contribution in [0.25, 0.3) is 10.6 Å². The topological polar surface area (TPSA) is 68.0 Å². The second-order valence-corrected chi connectivity index (χ2v) is 6.38. The van der Waals surface area contributed by atoms with E-state index in [-0.39, 0.29) is 36.3 Å². The van der Waals surface area contributed by atoms with Gasteiger partial charge in [-0.25, -0.2) is 4.98 Å². The highest BCUT2D eigenvalue weighted by Gasteiger charge is 2.26. The van der Waals surface area contributed by atoms with E-state index in [1.54, 1.807) is 11.3 Å². The number of halogens is 2. The van der Waals surface area contributed by atoms with Gasteiger partial charge in [-0.05, 0) is 31.9 Å². The van der Waals surface area contributed by atoms with Crippen LogP contribution in [-0.4, -0.2) is 23.0 Å². The Morgan fingerprint density at radius 1 is 1.29 bits per heavy atom. The quantitative estimate of drug-likeness (QED) is 0.777. The first-order chi connectivity index (χ1) is 10.5. The van der Waals surface area contributed by atoms with Crippen molar-refractivity contribution in [1.82, 2.24) is 10.3 Å². The summed E-state index contributed by atoms with van der Waals surface area (Å²) < 4.78 is 0. The lowest BCUT2D eigenvalue weighted by Crippen LogP contribution is -2.52. The molecule has 0 aliphatic rings. The average molecular weight is 390 g/mol. The van der Waals surface area contributed by atoms with Crippen LogP contribution in [0.3, 0.4) is 0 Å². The van der Waals surface area contributed by atoms with Gasteiger partial charge in [0, 0.05) is 28.7 Å². The highest BCUT2D eigenvalue weighted by Crippen LogP contribution is 2.24. The van der Waals surface area contributed by atoms with Gasteiger partial charge in [-0.15, -0.1) is 36.2 Å². The maximum absolute atomic E-state index is 12.5. The van der Waals surface area contributed by atoms with Crippen LogP contribution in [0, 0.1) is 6.92 Å². The number of aryl methyl sites for hydroxylation is 1. The molecule has 2 aromatic rings. The van der Waals surface area contributed by atoms with Gasteiger partial charge < -0.3 is 11.1 Å². The summed E-state index contributed by atoms with van der Waals surface area (Å²) in [6.07, 6.45) is 1.63. The Labute approximate surface area is 160 Å². The second-order valence-electron chi connectivity index (χ2n) is 5.52. The monoisotopic (exact) mass is 389 g/mol. The molecule has 0 saturated heterocycles. The lowest BCUT2D eigenvalue weighted by molar-refractivity contribution is 0.0895. The van der Waals surface area contributed by atoms with E-state index < -0.39 is 0 Å². The molecule has 0 unspecified atom stereocenters. The third-order valence-electron chi connectivity index (χ3n) is 4.11. The number of nitrogens with one attached hydrogen (secondary N) is 1. The highest BCUT2D eigenvalue weighted by atomic mass is 35.5. The number of amides is 1. The van der Waals surface area contributed by atoms with Crippen molar-refractivity contribution < 1.29 is 4.79 Å². The molecule has 1 aromatic carbocycles. The number of rotatable bonds is 6. The Bertz CT molecular complexity index is 649. The Kier molecular flexibility index (Phi) is 9.51. The van der Waals surface area contributed by atoms with Crippen LogP contribution >= 0.6 is 36.2 Å². The predicted octanol–water partition coefficient (Wildman–Crippen LogP) is 4.21. The molecule has 1 aromatic heterocycles. The van der Waals surface area contributed by atoms with Gasteiger partial charge in [0.25, 0.3) is 5.91 Å². The molecule has 3 N–H and O–H groups in total. The standard InChI is InChI=1S/C17H23N3OS.2ClH/c1-4-17(5-2,11-18)20-15(21)13-7-6-8-14(9-13)16-19-12(3)10-22-16;;/h6-10H,4-5,11,18H2,1-3H3,(H,20,21);2*1H. The molecule has 0 atom stereocenters. The van der Waals surface area contributed by atoms with Gasteiger partial charge >= 0.3 is 0 Å². The number of thiazole rings is 1. The zero-order valence-electron chi connectivity index (χ0n) is 14.2. The first-order valence-corrected chi connectivity index (χ1v) is 8.46. The molecule has 0 spiro atoms. The predicted molar refractivity (Wildman–Crippen MR) is 107 cm³/mol. The molecule has 1 amide bonds. The van der Waals surface area contributed by atoms with E-state index in [2.05, 4.69) is 10.3 Å². The number of hydrogen-bond acceptors (Lipinski definition) is 4. The van der Waals surface area contributed by atoms with Gasteiger partial charge in [-0.3, -0.25) is 4.79 Å². The summed E-state index contributed by atoms with van der Waals surface area (Å²) in [7, 11) is 0. The van der Waals surface area contributed by atoms with E-state index in [4.69, 9.17) is 5.73 Å². The minimum Gasteiger partial charge on any atom is -0.345 e. The average Bonchev–Trinajstić information content (AvgIpc) is 2.99. The van der Waals surface area contributed by atoms with Crippen LogP contribution in [0.5, 0.6) is 0 Å². The van der Waals surface area contributed by atoms with Crippen molar-refractivity contribution in [2.24, 2.45) is 5.73 Å². The Hall–Kier alpha value is -1.14. The zero-order valence-corrected chi connectivity index (χ0v) is 16.6. The number of carbonyl (C=O) groups is 1. The minimum absolute atomic E-state index is 0. The van der Waals surface area contributed by atoms with Gasteiger partial charge in [0.2, 0.25) is 0 Å². The molecule has 7 heteroatoms. The lowest BCUT2D eigenvalue weighted by Gasteiger charge is -2.31. The number of carbonyl (C=O) groups excluding carboxylic acids is 1. The summed E-state index contributed by atoms with van der Waals surface area (Å²) in [5.74, 6) is -0.0794. The highest BCUT2D eigenvalue weighted by molar-refractivity contribution is 7.13. The van der Waals surface area contributed by atoms with Crippen LogP contribution in [0.1, 0.15) is 42.7 Å². The Balaban J connectivity index is 0.00000264. The molecule has 0 fully saturated rings. The van der Waals surface area contributed by atoms with Crippen LogP contribution in [0.4, 0.5) is 0 Å². The van der Waals surface area contributed by atoms with E-state index in [1.807, 2.05) is 50.4 Å². The molecule has 134 valence electrons. The van der Waals surface area contributed by atoms with E-state index >= 15 is 0 Å². The van der Waals surface area contributed by atoms with Crippen molar-refractivity contribution in [1.29, 1.82) is 0 Å². The molecule has 2 rings (SSSR count). The van der Waals surface area contributed by atoms with Crippen molar-refractivity contribution in [3.63, 3.8) is 0 Å². The summed E-state index contributed by atoms with van der Waals surface area (Å²) >= 11 is 1.59. The van der Waals surface area contributed by atoms with Crippen molar-refractivity contribution >= 4 is 42.1 Å². The van der Waals surface area contributed by atoms with E-state index in [0.29, 0.717) is 12.1 Å². The third-order valence-corrected chi connectivity index (χ3v) is 5.12. The molecule has 0 aliphatic carbocycles. The summed E-state index contributed by atoms with van der Waals surface area (Å²) in [5.41, 5.74) is 8.13. The van der Waals surface area contributed by atoms with Crippen LogP contribution < -0.4 is 11.1 Å². The summed E-state index contributed by atoms with van der Waals surface area (Å²) in [5, 5.41) is 6.04. The van der Waals surface area contributed by atoms with Crippen molar-refractivity contribution in [3.05, 3.63) is 40.9 Å². The van der Waals surface area contributed by atoms with Crippen molar-refractivity contribution in [2.75, 3.05) is 6.54 Å². The van der Waals surface area contributed by atoms with Crippen molar-refractivity contribution in [2.45, 2.75) is 39.2 Å². The molecule has 1 heterocycles. The molecular weight excluding hydrogens is 365 g/mol. The SMILES string of the molecule is CCC(CC)(CN)NC(=O)c1cccc(-c2nc(C)cs2)c1.Cl.Cl. The first kappa shape index (κ1) is 22.9. The van der Waals surface area contributed by atoms with Gasteiger partial charge in [0.1, 0.15) is 5.01 Å². The van der Waals surface area contributed by atoms with E-state index in [9.17, 15) is 4.79 Å². The minimum atomic E-state index is -0.329. The van der Waals surface area contributed by atoms with Crippen LogP contribution in [0.2, 0.25) is 0 Å². The van der Waals surface area contributed by atoms with E-state index in [0.717, 1.165) is 29.1 Å². The Morgan fingerprint density at radius 3 is 2.46 bits per heavy atom. The first-order valence-electron chi connectivity index (χ1n) is 7.58. The Morgan fingerprint density at radius 2 is 1.96 bits per heavy atom. The number of nitrogens with two attached hydrogens (primary N) is 1. The normalized spacial score (nSPS) is 10.5. The number of aromatic nitrogens is 1. The van der Waals surface area contributed by atoms with Crippen LogP contribution in [0.15, 0.2) is 29.6 Å². The fraction of sp³-hybridized carbons (Fsp3) is 0.412. The summed E-state index contributed by atoms with van der Waals surface area (Å²) in [6, 6.07) is 7.58. The zero-order chi connectivity index (χ0) is 16.2.